The molecule has 0 aliphatic carbocycles. The van der Waals surface area contributed by atoms with Gasteiger partial charge in [0, 0.05) is 6.54 Å². The molecule has 1 aliphatic rings. The molecule has 31 heavy (non-hydrogen) atoms. The van der Waals surface area contributed by atoms with E-state index in [2.05, 4.69) is 4.98 Å². The van der Waals surface area contributed by atoms with E-state index in [0.717, 1.165) is 29.5 Å². The van der Waals surface area contributed by atoms with Gasteiger partial charge in [-0.05, 0) is 53.8 Å². The molecule has 1 aliphatic heterocycles. The van der Waals surface area contributed by atoms with Crippen LogP contribution in [0.2, 0.25) is 0 Å². The van der Waals surface area contributed by atoms with Crippen LogP contribution in [0.4, 0.5) is 4.39 Å². The summed E-state index contributed by atoms with van der Waals surface area (Å²) in [5.41, 5.74) is 3.73. The van der Waals surface area contributed by atoms with Gasteiger partial charge in [0.1, 0.15) is 22.8 Å². The number of oxazole rings is 1. The molecule has 4 nitrogen and oxygen atoms in total. The van der Waals surface area contributed by atoms with Gasteiger partial charge in [0.15, 0.2) is 5.58 Å². The molecule has 5 rings (SSSR count). The van der Waals surface area contributed by atoms with E-state index in [1.807, 2.05) is 54.6 Å². The quantitative estimate of drug-likeness (QED) is 0.355. The monoisotopic (exact) mass is 434 g/mol. The van der Waals surface area contributed by atoms with Crippen molar-refractivity contribution in [3.8, 4) is 11.1 Å². The minimum absolute atomic E-state index is 0.141. The van der Waals surface area contributed by atoms with Crippen LogP contribution in [-0.4, -0.2) is 22.3 Å². The topological polar surface area (TPSA) is 46.3 Å². The minimum atomic E-state index is -0.745. The Kier molecular flexibility index (Phi) is 5.20. The third-order valence-electron chi connectivity index (χ3n) is 5.69. The van der Waals surface area contributed by atoms with Gasteiger partial charge in [-0.25, -0.2) is 9.37 Å². The molecule has 0 radical (unpaired) electrons. The summed E-state index contributed by atoms with van der Waals surface area (Å²) < 4.78 is 19.6. The van der Waals surface area contributed by atoms with E-state index in [0.29, 0.717) is 23.5 Å². The number of hydrogen-bond acceptors (Lipinski definition) is 3. The first kappa shape index (κ1) is 19.8. The largest absolute Gasteiger partial charge is 0.438 e. The number of nitrogens with zero attached hydrogens (tertiary/aromatic N) is 2. The van der Waals surface area contributed by atoms with Gasteiger partial charge in [0.05, 0.1) is 0 Å². The van der Waals surface area contributed by atoms with E-state index < -0.39 is 5.38 Å². The molecule has 0 saturated carbocycles. The van der Waals surface area contributed by atoms with Gasteiger partial charge in [0.25, 0.3) is 0 Å². The smallest absolute Gasteiger partial charge is 0.245 e. The fourth-order valence-corrected chi connectivity index (χ4v) is 4.40. The summed E-state index contributed by atoms with van der Waals surface area (Å²) >= 11 is 6.50. The summed E-state index contributed by atoms with van der Waals surface area (Å²) in [5.74, 6) is 0.0832. The van der Waals surface area contributed by atoms with Gasteiger partial charge in [0.2, 0.25) is 11.8 Å². The van der Waals surface area contributed by atoms with Crippen molar-refractivity contribution < 1.29 is 13.6 Å². The molecular formula is C25H20ClFN2O2. The summed E-state index contributed by atoms with van der Waals surface area (Å²) in [4.78, 5) is 19.5. The van der Waals surface area contributed by atoms with Gasteiger partial charge in [-0.15, -0.1) is 11.6 Å². The first-order valence-corrected chi connectivity index (χ1v) is 10.7. The van der Waals surface area contributed by atoms with Crippen LogP contribution in [0.1, 0.15) is 35.7 Å². The lowest BCUT2D eigenvalue weighted by atomic mass is 10.1. The number of amides is 1. The molecule has 2 unspecified atom stereocenters. The zero-order valence-electron chi connectivity index (χ0n) is 16.7. The third kappa shape index (κ3) is 3.81. The normalized spacial score (nSPS) is 17.2. The first-order valence-electron chi connectivity index (χ1n) is 10.3. The maximum absolute atomic E-state index is 13.6. The molecule has 2 heterocycles. The summed E-state index contributed by atoms with van der Waals surface area (Å²) in [6.07, 6.45) is 1.63. The Morgan fingerprint density at radius 3 is 2.68 bits per heavy atom. The molecule has 2 atom stereocenters. The first-order chi connectivity index (χ1) is 15.1. The van der Waals surface area contributed by atoms with Crippen molar-refractivity contribution in [2.75, 3.05) is 6.54 Å². The number of benzene rings is 3. The Balaban J connectivity index is 1.43. The highest BCUT2D eigenvalue weighted by molar-refractivity contribution is 6.30. The van der Waals surface area contributed by atoms with Gasteiger partial charge >= 0.3 is 0 Å². The lowest BCUT2D eigenvalue weighted by molar-refractivity contribution is -0.132. The van der Waals surface area contributed by atoms with Crippen molar-refractivity contribution in [3.05, 3.63) is 90.1 Å². The number of hydrogen-bond donors (Lipinski definition) is 0. The minimum Gasteiger partial charge on any atom is -0.438 e. The lowest BCUT2D eigenvalue weighted by Crippen LogP contribution is -2.33. The highest BCUT2D eigenvalue weighted by atomic mass is 35.5. The van der Waals surface area contributed by atoms with E-state index in [4.69, 9.17) is 16.0 Å². The molecule has 0 bridgehead atoms. The summed E-state index contributed by atoms with van der Waals surface area (Å²) in [5, 5.41) is -0.745. The maximum Gasteiger partial charge on any atom is 0.245 e. The second-order valence-corrected chi connectivity index (χ2v) is 8.14. The zero-order valence-corrected chi connectivity index (χ0v) is 17.4. The van der Waals surface area contributed by atoms with E-state index in [1.54, 1.807) is 11.0 Å². The highest BCUT2D eigenvalue weighted by Gasteiger charge is 2.36. The average Bonchev–Trinajstić information content (AvgIpc) is 3.45. The van der Waals surface area contributed by atoms with Crippen molar-refractivity contribution in [3.63, 3.8) is 0 Å². The SMILES string of the molecule is O=C(C(Cl)c1ccccc1)N1CCCC1c1nc2cc(-c3cccc(F)c3)ccc2o1. The van der Waals surface area contributed by atoms with Gasteiger partial charge in [-0.3, -0.25) is 4.79 Å². The number of likely N-dealkylation sites (tertiary alicyclic amines) is 1. The summed E-state index contributed by atoms with van der Waals surface area (Å²) in [6.45, 7) is 0.618. The fourth-order valence-electron chi connectivity index (χ4n) is 4.13. The number of carbonyl (C=O) groups is 1. The second-order valence-electron chi connectivity index (χ2n) is 7.71. The molecular weight excluding hydrogens is 415 g/mol. The van der Waals surface area contributed by atoms with Gasteiger partial charge in [-0.2, -0.15) is 0 Å². The molecule has 1 amide bonds. The molecule has 1 saturated heterocycles. The van der Waals surface area contributed by atoms with Crippen LogP contribution in [0.3, 0.4) is 0 Å². The molecule has 1 aromatic heterocycles. The van der Waals surface area contributed by atoms with Crippen LogP contribution in [0.15, 0.2) is 77.2 Å². The van der Waals surface area contributed by atoms with Crippen molar-refractivity contribution in [2.24, 2.45) is 0 Å². The standard InChI is InChI=1S/C25H20ClFN2O2/c26-23(16-6-2-1-3-7-16)25(30)29-13-5-10-21(29)24-28-20-15-18(11-12-22(20)31-24)17-8-4-9-19(27)14-17/h1-4,6-9,11-12,14-15,21,23H,5,10,13H2. The third-order valence-corrected chi connectivity index (χ3v) is 6.13. The van der Waals surface area contributed by atoms with Crippen LogP contribution < -0.4 is 0 Å². The number of fused-ring (bicyclic) bond motifs is 1. The van der Waals surface area contributed by atoms with Gasteiger partial charge < -0.3 is 9.32 Å². The maximum atomic E-state index is 13.6. The van der Waals surface area contributed by atoms with Crippen LogP contribution >= 0.6 is 11.6 Å². The molecule has 0 N–H and O–H groups in total. The van der Waals surface area contributed by atoms with Crippen molar-refractivity contribution in [1.29, 1.82) is 0 Å². The predicted octanol–water partition coefficient (Wildman–Crippen LogP) is 6.28. The Morgan fingerprint density at radius 2 is 1.87 bits per heavy atom. The van der Waals surface area contributed by atoms with Crippen molar-refractivity contribution >= 4 is 28.6 Å². The molecule has 0 spiro atoms. The summed E-state index contributed by atoms with van der Waals surface area (Å²) in [7, 11) is 0. The fraction of sp³-hybridized carbons (Fsp3) is 0.200. The summed E-state index contributed by atoms with van der Waals surface area (Å²) in [6, 6.07) is 21.1. The number of alkyl halides is 1. The number of rotatable bonds is 4. The van der Waals surface area contributed by atoms with Crippen LogP contribution in [-0.2, 0) is 4.79 Å². The van der Waals surface area contributed by atoms with Crippen LogP contribution in [0.5, 0.6) is 0 Å². The van der Waals surface area contributed by atoms with Crippen molar-refractivity contribution in [2.45, 2.75) is 24.3 Å². The van der Waals surface area contributed by atoms with Crippen molar-refractivity contribution in [1.82, 2.24) is 9.88 Å². The molecule has 1 fully saturated rings. The van der Waals surface area contributed by atoms with E-state index in [1.165, 1.54) is 12.1 Å². The highest BCUT2D eigenvalue weighted by Crippen LogP contribution is 2.37. The Labute approximate surface area is 184 Å². The Hall–Kier alpha value is -3.18. The zero-order chi connectivity index (χ0) is 21.4. The predicted molar refractivity (Wildman–Crippen MR) is 118 cm³/mol. The number of carbonyl (C=O) groups excluding carboxylic acids is 1. The van der Waals surface area contributed by atoms with Gasteiger partial charge in [-0.1, -0.05) is 48.5 Å². The van der Waals surface area contributed by atoms with E-state index in [9.17, 15) is 9.18 Å². The molecule has 4 aromatic rings. The number of halogens is 2. The van der Waals surface area contributed by atoms with Crippen LogP contribution in [0.25, 0.3) is 22.2 Å². The van der Waals surface area contributed by atoms with E-state index >= 15 is 0 Å². The van der Waals surface area contributed by atoms with Crippen LogP contribution in [0, 0.1) is 5.82 Å². The lowest BCUT2D eigenvalue weighted by Gasteiger charge is -2.24. The molecule has 6 heteroatoms. The molecule has 3 aromatic carbocycles. The molecule has 156 valence electrons. The Morgan fingerprint density at radius 1 is 1.06 bits per heavy atom. The van der Waals surface area contributed by atoms with E-state index in [-0.39, 0.29) is 17.8 Å². The number of aromatic nitrogens is 1. The average molecular weight is 435 g/mol. The second kappa shape index (κ2) is 8.16. The Bertz CT molecular complexity index is 1240.